The maximum atomic E-state index is 10.7. The molecule has 62 valence electrons. The second-order valence-electron chi connectivity index (χ2n) is 2.92. The molecule has 11 heavy (non-hydrogen) atoms. The summed E-state index contributed by atoms with van der Waals surface area (Å²) in [5.41, 5.74) is 5.04. The summed E-state index contributed by atoms with van der Waals surface area (Å²) in [5.74, 6) is 0.156. The number of nitrogens with two attached hydrogens (primary N) is 1. The molecule has 0 heterocycles. The highest BCUT2D eigenvalue weighted by Gasteiger charge is 2.27. The molecule has 0 aromatic rings. The van der Waals surface area contributed by atoms with E-state index >= 15 is 0 Å². The van der Waals surface area contributed by atoms with Gasteiger partial charge in [0.05, 0.1) is 0 Å². The Balaban J connectivity index is 2.30. The second kappa shape index (κ2) is 3.37. The molecule has 0 radical (unpaired) electrons. The van der Waals surface area contributed by atoms with Crippen molar-refractivity contribution in [1.29, 1.82) is 0 Å². The molecule has 3 N–H and O–H groups in total. The van der Waals surface area contributed by atoms with Crippen LogP contribution in [-0.2, 0) is 9.59 Å². The Hall–Kier alpha value is -1.06. The fourth-order valence-electron chi connectivity index (χ4n) is 1.04. The van der Waals surface area contributed by atoms with Gasteiger partial charge in [0.25, 0.3) is 0 Å². The predicted molar refractivity (Wildman–Crippen MR) is 39.5 cm³/mol. The molecule has 1 aliphatic rings. The standard InChI is InChI=1S/C7H12N2O2/c8-7(11)6(9-4-10)3-5-1-2-5/h4-6H,1-3H2,(H2,8,11)(H,9,10). The molecule has 0 aromatic heterocycles. The second-order valence-corrected chi connectivity index (χ2v) is 2.92. The Labute approximate surface area is 65.1 Å². The van der Waals surface area contributed by atoms with Gasteiger partial charge in [-0.2, -0.15) is 0 Å². The van der Waals surface area contributed by atoms with Gasteiger partial charge in [-0.15, -0.1) is 0 Å². The fourth-order valence-corrected chi connectivity index (χ4v) is 1.04. The molecule has 1 aliphatic carbocycles. The van der Waals surface area contributed by atoms with Crippen molar-refractivity contribution in [3.8, 4) is 0 Å². The largest absolute Gasteiger partial charge is 0.368 e. The highest BCUT2D eigenvalue weighted by Crippen LogP contribution is 2.33. The monoisotopic (exact) mass is 156 g/mol. The zero-order valence-electron chi connectivity index (χ0n) is 6.25. The van der Waals surface area contributed by atoms with Crippen LogP contribution in [0.15, 0.2) is 0 Å². The number of hydrogen-bond donors (Lipinski definition) is 2. The van der Waals surface area contributed by atoms with Crippen LogP contribution in [0.3, 0.4) is 0 Å². The zero-order valence-corrected chi connectivity index (χ0v) is 6.25. The Bertz CT molecular complexity index is 166. The molecule has 1 rings (SSSR count). The first-order chi connectivity index (χ1) is 5.24. The van der Waals surface area contributed by atoms with Crippen molar-refractivity contribution in [2.75, 3.05) is 0 Å². The van der Waals surface area contributed by atoms with Gasteiger partial charge in [0.15, 0.2) is 0 Å². The lowest BCUT2D eigenvalue weighted by Gasteiger charge is -2.10. The van der Waals surface area contributed by atoms with Crippen molar-refractivity contribution >= 4 is 12.3 Å². The van der Waals surface area contributed by atoms with Crippen LogP contribution in [-0.4, -0.2) is 18.4 Å². The minimum absolute atomic E-state index is 0.441. The summed E-state index contributed by atoms with van der Waals surface area (Å²) in [6.45, 7) is 0. The molecule has 2 amide bonds. The van der Waals surface area contributed by atoms with E-state index in [1.165, 1.54) is 0 Å². The molecular formula is C7H12N2O2. The summed E-state index contributed by atoms with van der Waals surface area (Å²) in [4.78, 5) is 20.7. The van der Waals surface area contributed by atoms with E-state index in [0.29, 0.717) is 18.7 Å². The molecule has 0 aliphatic heterocycles. The Kier molecular flexibility index (Phi) is 2.46. The van der Waals surface area contributed by atoms with Crippen LogP contribution < -0.4 is 11.1 Å². The smallest absolute Gasteiger partial charge is 0.240 e. The first-order valence-corrected chi connectivity index (χ1v) is 3.73. The van der Waals surface area contributed by atoms with E-state index in [9.17, 15) is 9.59 Å². The average Bonchev–Trinajstić information content (AvgIpc) is 2.70. The third-order valence-electron chi connectivity index (χ3n) is 1.88. The lowest BCUT2D eigenvalue weighted by atomic mass is 10.1. The van der Waals surface area contributed by atoms with Gasteiger partial charge in [0, 0.05) is 0 Å². The van der Waals surface area contributed by atoms with Crippen molar-refractivity contribution < 1.29 is 9.59 Å². The van der Waals surface area contributed by atoms with Gasteiger partial charge in [-0.1, -0.05) is 12.8 Å². The van der Waals surface area contributed by atoms with Gasteiger partial charge in [-0.25, -0.2) is 0 Å². The Morgan fingerprint density at radius 3 is 2.73 bits per heavy atom. The molecular weight excluding hydrogens is 144 g/mol. The van der Waals surface area contributed by atoms with Crippen LogP contribution >= 0.6 is 0 Å². The van der Waals surface area contributed by atoms with Crippen LogP contribution in [0.1, 0.15) is 19.3 Å². The van der Waals surface area contributed by atoms with Gasteiger partial charge in [0.2, 0.25) is 12.3 Å². The van der Waals surface area contributed by atoms with E-state index in [-0.39, 0.29) is 0 Å². The van der Waals surface area contributed by atoms with Crippen molar-refractivity contribution in [3.05, 3.63) is 0 Å². The minimum Gasteiger partial charge on any atom is -0.368 e. The first kappa shape index (κ1) is 8.04. The molecule has 1 atom stereocenters. The summed E-state index contributed by atoms with van der Waals surface area (Å²) in [7, 11) is 0. The first-order valence-electron chi connectivity index (χ1n) is 3.73. The van der Waals surface area contributed by atoms with Gasteiger partial charge >= 0.3 is 0 Å². The third kappa shape index (κ3) is 2.57. The van der Waals surface area contributed by atoms with E-state index < -0.39 is 11.9 Å². The molecule has 1 saturated carbocycles. The van der Waals surface area contributed by atoms with Gasteiger partial charge in [-0.3, -0.25) is 9.59 Å². The fraction of sp³-hybridized carbons (Fsp3) is 0.714. The van der Waals surface area contributed by atoms with Crippen molar-refractivity contribution in [3.63, 3.8) is 0 Å². The number of primary amides is 1. The average molecular weight is 156 g/mol. The molecule has 0 aromatic carbocycles. The normalized spacial score (nSPS) is 18.9. The Morgan fingerprint density at radius 2 is 2.36 bits per heavy atom. The number of rotatable bonds is 5. The van der Waals surface area contributed by atoms with Gasteiger partial charge < -0.3 is 11.1 Å². The lowest BCUT2D eigenvalue weighted by molar-refractivity contribution is -0.122. The van der Waals surface area contributed by atoms with E-state index in [1.54, 1.807) is 0 Å². The molecule has 0 bridgehead atoms. The summed E-state index contributed by atoms with van der Waals surface area (Å²) < 4.78 is 0. The highest BCUT2D eigenvalue weighted by atomic mass is 16.2. The number of carbonyl (C=O) groups is 2. The summed E-state index contributed by atoms with van der Waals surface area (Å²) >= 11 is 0. The number of carbonyl (C=O) groups excluding carboxylic acids is 2. The molecule has 4 nitrogen and oxygen atoms in total. The van der Waals surface area contributed by atoms with Crippen LogP contribution in [0.4, 0.5) is 0 Å². The van der Waals surface area contributed by atoms with Gasteiger partial charge in [0.1, 0.15) is 6.04 Å². The highest BCUT2D eigenvalue weighted by molar-refractivity contribution is 5.81. The van der Waals surface area contributed by atoms with Crippen LogP contribution in [0.2, 0.25) is 0 Å². The van der Waals surface area contributed by atoms with Crippen molar-refractivity contribution in [2.24, 2.45) is 11.7 Å². The number of amides is 2. The quantitative estimate of drug-likeness (QED) is 0.521. The van der Waals surface area contributed by atoms with Crippen LogP contribution in [0, 0.1) is 5.92 Å². The molecule has 0 saturated heterocycles. The summed E-state index contributed by atoms with van der Waals surface area (Å²) in [5, 5.41) is 2.40. The lowest BCUT2D eigenvalue weighted by Crippen LogP contribution is -2.40. The van der Waals surface area contributed by atoms with E-state index in [0.717, 1.165) is 12.8 Å². The van der Waals surface area contributed by atoms with E-state index in [4.69, 9.17) is 5.73 Å². The van der Waals surface area contributed by atoms with Gasteiger partial charge in [-0.05, 0) is 12.3 Å². The molecule has 4 heteroatoms. The van der Waals surface area contributed by atoms with E-state index in [2.05, 4.69) is 5.32 Å². The van der Waals surface area contributed by atoms with Crippen LogP contribution in [0.25, 0.3) is 0 Å². The zero-order chi connectivity index (χ0) is 8.27. The SMILES string of the molecule is NC(=O)C(CC1CC1)NC=O. The third-order valence-corrected chi connectivity index (χ3v) is 1.88. The number of hydrogen-bond acceptors (Lipinski definition) is 2. The molecule has 1 unspecified atom stereocenters. The summed E-state index contributed by atoms with van der Waals surface area (Å²) in [6.07, 6.45) is 3.54. The van der Waals surface area contributed by atoms with E-state index in [1.807, 2.05) is 0 Å². The predicted octanol–water partition coefficient (Wildman–Crippen LogP) is -0.614. The molecule has 0 spiro atoms. The maximum Gasteiger partial charge on any atom is 0.240 e. The van der Waals surface area contributed by atoms with Crippen LogP contribution in [0.5, 0.6) is 0 Å². The van der Waals surface area contributed by atoms with Crippen molar-refractivity contribution in [1.82, 2.24) is 5.32 Å². The minimum atomic E-state index is -0.458. The number of nitrogens with one attached hydrogen (secondary N) is 1. The topological polar surface area (TPSA) is 72.2 Å². The Morgan fingerprint density at radius 1 is 1.73 bits per heavy atom. The molecule has 1 fully saturated rings. The maximum absolute atomic E-state index is 10.7. The van der Waals surface area contributed by atoms with Crippen molar-refractivity contribution in [2.45, 2.75) is 25.3 Å². The summed E-state index contributed by atoms with van der Waals surface area (Å²) in [6, 6.07) is -0.458.